The number of anilines is 3. The number of aliphatic carboxylic acids is 2. The number of carboxylic acid groups (broad SMARTS) is 2. The van der Waals surface area contributed by atoms with Gasteiger partial charge in [0.2, 0.25) is 24.1 Å². The molecule has 244 valence electrons. The van der Waals surface area contributed by atoms with Crippen molar-refractivity contribution in [3.05, 3.63) is 70.7 Å². The number of phenols is 2. The van der Waals surface area contributed by atoms with Crippen molar-refractivity contribution in [1.82, 2.24) is 20.2 Å². The van der Waals surface area contributed by atoms with Crippen molar-refractivity contribution in [2.75, 3.05) is 23.0 Å². The van der Waals surface area contributed by atoms with Crippen molar-refractivity contribution < 1.29 is 49.0 Å². The second-order valence-electron chi connectivity index (χ2n) is 9.90. The number of aromatic hydroxyl groups is 2. The van der Waals surface area contributed by atoms with E-state index in [-0.39, 0.29) is 40.2 Å². The number of carbonyl (C=O) groups is 4. The van der Waals surface area contributed by atoms with Crippen LogP contribution in [-0.2, 0) is 30.6 Å². The zero-order chi connectivity index (χ0) is 34.0. The van der Waals surface area contributed by atoms with Gasteiger partial charge in [-0.3, -0.25) is 14.5 Å². The lowest BCUT2D eigenvalue weighted by molar-refractivity contribution is -0.675. The fourth-order valence-corrected chi connectivity index (χ4v) is 6.43. The van der Waals surface area contributed by atoms with Crippen LogP contribution in [0.2, 0.25) is 0 Å². The largest absolute Gasteiger partial charge is 0.543 e. The van der Waals surface area contributed by atoms with Gasteiger partial charge in [-0.05, 0) is 17.7 Å². The molecule has 20 heteroatoms. The minimum atomic E-state index is -1.83. The molecule has 0 spiro atoms. The summed E-state index contributed by atoms with van der Waals surface area (Å²) in [7, 11) is 0. The number of nitrogen functional groups attached to an aromatic ring is 3. The van der Waals surface area contributed by atoms with E-state index < -0.39 is 58.5 Å². The predicted octanol–water partition coefficient (Wildman–Crippen LogP) is -1.81. The van der Waals surface area contributed by atoms with Crippen molar-refractivity contribution in [3.8, 4) is 11.5 Å². The third-order valence-electron chi connectivity index (χ3n) is 6.83. The number of benzene rings is 1. The van der Waals surface area contributed by atoms with Crippen LogP contribution in [-0.4, -0.2) is 76.8 Å². The Morgan fingerprint density at radius 2 is 2.00 bits per heavy atom. The highest BCUT2D eigenvalue weighted by molar-refractivity contribution is 8.00. The number of phenolic OH excluding ortho intramolecular Hbond substituents is 2. The van der Waals surface area contributed by atoms with Gasteiger partial charge < -0.3 is 52.6 Å². The van der Waals surface area contributed by atoms with Crippen LogP contribution in [0.1, 0.15) is 17.4 Å². The number of thiazole rings is 1. The lowest BCUT2D eigenvalue weighted by atomic mass is 10.0. The van der Waals surface area contributed by atoms with Crippen LogP contribution in [0.5, 0.6) is 11.5 Å². The van der Waals surface area contributed by atoms with Crippen LogP contribution >= 0.6 is 23.1 Å². The van der Waals surface area contributed by atoms with E-state index in [1.165, 1.54) is 41.7 Å². The maximum absolute atomic E-state index is 13.4. The molecular formula is C27H25N9O9S2. The maximum atomic E-state index is 13.4. The lowest BCUT2D eigenvalue weighted by Gasteiger charge is -2.50. The Bertz CT molecular complexity index is 1880. The Morgan fingerprint density at radius 3 is 2.64 bits per heavy atom. The van der Waals surface area contributed by atoms with Gasteiger partial charge in [-0.1, -0.05) is 28.4 Å². The number of carboxylic acids is 2. The highest BCUT2D eigenvalue weighted by atomic mass is 32.2. The van der Waals surface area contributed by atoms with Crippen LogP contribution < -0.4 is 32.2 Å². The number of β-lactam (4-membered cyclic amide) rings is 1. The smallest absolute Gasteiger partial charge is 0.352 e. The van der Waals surface area contributed by atoms with Gasteiger partial charge in [0.1, 0.15) is 17.1 Å². The number of hydrogen-bond donors (Lipinski definition) is 7. The average molecular weight is 684 g/mol. The summed E-state index contributed by atoms with van der Waals surface area (Å²) < 4.78 is 1.57. The summed E-state index contributed by atoms with van der Waals surface area (Å²) >= 11 is 2.13. The van der Waals surface area contributed by atoms with Crippen molar-refractivity contribution >= 4 is 69.3 Å². The Hall–Kier alpha value is -5.89. The monoisotopic (exact) mass is 683 g/mol. The number of allylic oxidation sites excluding steroid dienone is 2. The molecule has 0 radical (unpaired) electrons. The van der Waals surface area contributed by atoms with E-state index in [0.29, 0.717) is 11.4 Å². The molecule has 18 nitrogen and oxygen atoms in total. The first-order chi connectivity index (χ1) is 22.3. The molecule has 10 N–H and O–H groups in total. The zero-order valence-corrected chi connectivity index (χ0v) is 25.5. The van der Waals surface area contributed by atoms with Crippen molar-refractivity contribution in [1.29, 1.82) is 0 Å². The summed E-state index contributed by atoms with van der Waals surface area (Å²) in [6.07, 6.45) is 2.74. The van der Waals surface area contributed by atoms with Crippen molar-refractivity contribution in [3.63, 3.8) is 0 Å². The molecule has 0 unspecified atom stereocenters. The standard InChI is InChI=1S/C27H25N9O9S2/c28-16-7-17(29)35(10-31-16)5-1-2-12-8-46-24-19(23(40)36(24)20(12)25(41)42)33-22(39)18(13-9-47-27(30)32-13)34-45-21(26(43)44)11-3-4-14(37)15(38)6-11/h1-4,6-7,9-10,19,21,24H,5,8H2,(H10,28,29,30,32,33,34,37,38,39,41,42,43,44)/b2-1+/t19-,21-,24-/m1/s1. The molecule has 3 aromatic rings. The summed E-state index contributed by atoms with van der Waals surface area (Å²) in [6, 6.07) is 3.42. The van der Waals surface area contributed by atoms with E-state index in [1.54, 1.807) is 10.6 Å². The third kappa shape index (κ3) is 6.72. The first-order valence-electron chi connectivity index (χ1n) is 13.3. The number of fused-ring (bicyclic) bond motifs is 1. The van der Waals surface area contributed by atoms with Gasteiger partial charge in [0.05, 0.1) is 24.3 Å². The number of rotatable bonds is 11. The van der Waals surface area contributed by atoms with Crippen LogP contribution in [0, 0.1) is 0 Å². The summed E-state index contributed by atoms with van der Waals surface area (Å²) in [4.78, 5) is 64.8. The number of nitrogens with two attached hydrogens (primary N) is 3. The van der Waals surface area contributed by atoms with Gasteiger partial charge in [0.25, 0.3) is 11.8 Å². The number of amides is 2. The summed E-state index contributed by atoms with van der Waals surface area (Å²) in [6.45, 7) is 0.228. The molecule has 2 aliphatic heterocycles. The van der Waals surface area contributed by atoms with E-state index in [4.69, 9.17) is 22.0 Å². The van der Waals surface area contributed by atoms with E-state index in [2.05, 4.69) is 20.4 Å². The van der Waals surface area contributed by atoms with Crippen molar-refractivity contribution in [2.24, 2.45) is 5.16 Å². The zero-order valence-electron chi connectivity index (χ0n) is 23.8. The first kappa shape index (κ1) is 32.5. The van der Waals surface area contributed by atoms with Gasteiger partial charge in [-0.2, -0.15) is 0 Å². The Labute approximate surface area is 272 Å². The fourth-order valence-electron chi connectivity index (χ4n) is 4.56. The van der Waals surface area contributed by atoms with Gasteiger partial charge >= 0.3 is 5.97 Å². The van der Waals surface area contributed by atoms with Crippen LogP contribution in [0.4, 0.5) is 16.8 Å². The molecule has 5 rings (SSSR count). The number of hydrogen-bond acceptors (Lipinski definition) is 16. The van der Waals surface area contributed by atoms with Crippen LogP contribution in [0.15, 0.2) is 64.6 Å². The summed E-state index contributed by atoms with van der Waals surface area (Å²) in [5.74, 6) is -5.29. The molecular weight excluding hydrogens is 658 g/mol. The molecule has 0 saturated carbocycles. The Balaban J connectivity index is 1.35. The van der Waals surface area contributed by atoms with Gasteiger partial charge in [-0.25, -0.2) is 14.3 Å². The Morgan fingerprint density at radius 1 is 1.23 bits per heavy atom. The summed E-state index contributed by atoms with van der Waals surface area (Å²) in [5.41, 5.74) is 16.4. The molecule has 2 amide bonds. The van der Waals surface area contributed by atoms with E-state index in [0.717, 1.165) is 28.4 Å². The Kier molecular flexibility index (Phi) is 9.15. The minimum absolute atomic E-state index is 0.0468. The number of nitrogens with one attached hydrogen (secondary N) is 1. The molecule has 47 heavy (non-hydrogen) atoms. The first-order valence-corrected chi connectivity index (χ1v) is 15.3. The number of oxime groups is 1. The second-order valence-corrected chi connectivity index (χ2v) is 11.9. The number of thioether (sulfide) groups is 1. The topological polar surface area (TPSA) is 297 Å². The molecule has 3 atom stereocenters. The molecule has 4 heterocycles. The van der Waals surface area contributed by atoms with E-state index >= 15 is 0 Å². The predicted molar refractivity (Wildman–Crippen MR) is 164 cm³/mol. The molecule has 0 aliphatic carbocycles. The van der Waals surface area contributed by atoms with Crippen molar-refractivity contribution in [2.45, 2.75) is 24.1 Å². The number of aromatic nitrogens is 3. The molecule has 2 aromatic heterocycles. The van der Waals surface area contributed by atoms with Gasteiger partial charge in [-0.15, -0.1) is 23.1 Å². The van der Waals surface area contributed by atoms with E-state index in [9.17, 15) is 39.6 Å². The average Bonchev–Trinajstić information content (AvgIpc) is 3.45. The van der Waals surface area contributed by atoms with Gasteiger partial charge in [0, 0.05) is 16.7 Å². The highest BCUT2D eigenvalue weighted by Gasteiger charge is 2.53. The fraction of sp³-hybridized carbons (Fsp3) is 0.185. The van der Waals surface area contributed by atoms with Crippen LogP contribution in [0.25, 0.3) is 0 Å². The number of nitrogens with zero attached hydrogens (tertiary/aromatic N) is 5. The highest BCUT2D eigenvalue weighted by Crippen LogP contribution is 2.40. The van der Waals surface area contributed by atoms with Gasteiger partial charge in [0.15, 0.2) is 22.3 Å². The quantitative estimate of drug-likeness (QED) is 0.0385. The van der Waals surface area contributed by atoms with Crippen LogP contribution in [0.3, 0.4) is 0 Å². The SMILES string of the molecule is Nc1cc(N)[n+](C/C=C/C2=C(C(=O)[O-])N3C(=O)[C@@H](NC(=O)/C(=N\O[C@@H](C(=O)O)c4ccc(O)c(O)c4)c4csc(N)n4)[C@H]3SC2)cn1. The molecule has 1 saturated heterocycles. The minimum Gasteiger partial charge on any atom is -0.543 e. The third-order valence-corrected chi connectivity index (χ3v) is 8.80. The number of carbonyl (C=O) groups excluding carboxylic acids is 3. The molecule has 1 aromatic carbocycles. The molecule has 2 aliphatic rings. The van der Waals surface area contributed by atoms with E-state index in [1.807, 2.05) is 0 Å². The second kappa shape index (κ2) is 13.2. The molecule has 0 bridgehead atoms. The normalized spacial score (nSPS) is 18.4. The molecule has 1 fully saturated rings. The lowest BCUT2D eigenvalue weighted by Crippen LogP contribution is -2.71. The maximum Gasteiger partial charge on any atom is 0.352 e. The summed E-state index contributed by atoms with van der Waals surface area (Å²) in [5, 5.41) is 48.0.